The van der Waals surface area contributed by atoms with Crippen LogP contribution >= 0.6 is 0 Å². The standard InChI is InChI=1S/C27H17N3O.C12H10N.2Pt/c1-29-15-16-30(20-29)24-10-6-12-26(19-24)31-25-11-5-9-23(17-25)27-18-22(13-14-28-27)21-7-3-2-4-8-21;1-4-13-10(3)9(2)11-7-5-6-8-12(11)13;;/h2-7,10-16,20H,1H3;5-8H,2-3H3;;/q-6;-1;;+4. The molecule has 3 heterocycles. The molecular formula is C39H27N4OPt2-3. The van der Waals surface area contributed by atoms with Gasteiger partial charge in [0.05, 0.1) is 5.52 Å². The van der Waals surface area contributed by atoms with Gasteiger partial charge >= 0.3 is 21.1 Å². The zero-order valence-electron chi connectivity index (χ0n) is 25.2. The summed E-state index contributed by atoms with van der Waals surface area (Å²) in [6.45, 7) is 6.05. The van der Waals surface area contributed by atoms with Crippen molar-refractivity contribution in [2.24, 2.45) is 0 Å². The molecule has 0 amide bonds. The van der Waals surface area contributed by atoms with E-state index in [2.05, 4.69) is 54.4 Å². The molecule has 0 atom stereocenters. The van der Waals surface area contributed by atoms with Crippen LogP contribution in [0.25, 0.3) is 33.3 Å². The second-order valence-electron chi connectivity index (χ2n) is 10.1. The number of benzene rings is 4. The van der Waals surface area contributed by atoms with Crippen molar-refractivity contribution in [1.29, 1.82) is 0 Å². The molecule has 0 aliphatic carbocycles. The number of anilines is 1. The Hall–Kier alpha value is -4.35. The molecule has 7 rings (SSSR count). The molecule has 0 spiro atoms. The van der Waals surface area contributed by atoms with Gasteiger partial charge in [-0.3, -0.25) is 12.1 Å². The molecule has 1 aliphatic rings. The maximum Gasteiger partial charge on any atom is 4.00 e. The topological polar surface area (TPSA) is 33.5 Å². The molecule has 0 saturated heterocycles. The Morgan fingerprint density at radius 2 is 1.63 bits per heavy atom. The Morgan fingerprint density at radius 3 is 2.39 bits per heavy atom. The van der Waals surface area contributed by atoms with Crippen molar-refractivity contribution >= 4 is 16.6 Å². The number of fused-ring (bicyclic) bond motifs is 1. The summed E-state index contributed by atoms with van der Waals surface area (Å²) in [6.07, 6.45) is 12.9. The molecule has 6 aromatic rings. The number of para-hydroxylation sites is 1. The Bertz CT molecular complexity index is 2000. The van der Waals surface area contributed by atoms with Gasteiger partial charge in [0.1, 0.15) is 0 Å². The number of ether oxygens (including phenoxy) is 1. The Labute approximate surface area is 300 Å². The number of nitrogens with zero attached hydrogens (tertiary/aromatic N) is 4. The van der Waals surface area contributed by atoms with E-state index < -0.39 is 0 Å². The molecule has 232 valence electrons. The fourth-order valence-corrected chi connectivity index (χ4v) is 4.85. The minimum Gasteiger partial charge on any atom is -0.669 e. The van der Waals surface area contributed by atoms with Gasteiger partial charge in [0.2, 0.25) is 0 Å². The van der Waals surface area contributed by atoms with Crippen molar-refractivity contribution in [2.45, 2.75) is 13.8 Å². The van der Waals surface area contributed by atoms with Crippen LogP contribution in [0.15, 0.2) is 104 Å². The van der Waals surface area contributed by atoms with E-state index in [1.165, 1.54) is 10.9 Å². The first kappa shape index (κ1) is 34.5. The van der Waals surface area contributed by atoms with Crippen molar-refractivity contribution in [3.63, 3.8) is 0 Å². The van der Waals surface area contributed by atoms with Gasteiger partial charge in [-0.1, -0.05) is 23.9 Å². The third kappa shape index (κ3) is 7.71. The Kier molecular flexibility index (Phi) is 11.8. The summed E-state index contributed by atoms with van der Waals surface area (Å²) in [4.78, 5) is 8.39. The van der Waals surface area contributed by atoms with Crippen LogP contribution in [-0.4, -0.2) is 21.5 Å². The largest absolute Gasteiger partial charge is 4.00 e. The third-order valence-corrected chi connectivity index (χ3v) is 7.20. The molecule has 1 aliphatic heterocycles. The van der Waals surface area contributed by atoms with E-state index in [4.69, 9.17) is 11.2 Å². The number of aryl methyl sites for hydroxylation is 1. The second kappa shape index (κ2) is 15.8. The number of hydrogen-bond donors (Lipinski definition) is 0. The summed E-state index contributed by atoms with van der Waals surface area (Å²) in [5.74, 6) is 1.17. The first-order valence-electron chi connectivity index (χ1n) is 14.0. The maximum atomic E-state index is 7.19. The fraction of sp³-hybridized carbons (Fsp3) is 0.0769. The molecule has 5 nitrogen and oxygen atoms in total. The molecule has 46 heavy (non-hydrogen) atoms. The molecule has 0 N–H and O–H groups in total. The Balaban J connectivity index is 0.000000270. The van der Waals surface area contributed by atoms with Gasteiger partial charge in [0.25, 0.3) is 0 Å². The van der Waals surface area contributed by atoms with Crippen LogP contribution in [0.5, 0.6) is 11.5 Å². The van der Waals surface area contributed by atoms with Gasteiger partial charge in [0, 0.05) is 37.9 Å². The predicted molar refractivity (Wildman–Crippen MR) is 173 cm³/mol. The molecule has 0 saturated carbocycles. The van der Waals surface area contributed by atoms with E-state index in [0.717, 1.165) is 28.0 Å². The van der Waals surface area contributed by atoms with Crippen LogP contribution < -0.4 is 9.64 Å². The van der Waals surface area contributed by atoms with Crippen LogP contribution in [0.4, 0.5) is 5.69 Å². The maximum absolute atomic E-state index is 7.19. The number of hydrogen-bond acceptors (Lipinski definition) is 4. The summed E-state index contributed by atoms with van der Waals surface area (Å²) in [7, 11) is 1.98. The van der Waals surface area contributed by atoms with Gasteiger partial charge in [-0.15, -0.1) is 30.0 Å². The summed E-state index contributed by atoms with van der Waals surface area (Å²) >= 11 is 0. The quantitative estimate of drug-likeness (QED) is 0.129. The molecular weight excluding hydrogens is 931 g/mol. The molecule has 4 aromatic carbocycles. The molecule has 0 bridgehead atoms. The van der Waals surface area contributed by atoms with Crippen molar-refractivity contribution < 1.29 is 46.9 Å². The van der Waals surface area contributed by atoms with Crippen LogP contribution in [0.3, 0.4) is 0 Å². The van der Waals surface area contributed by atoms with E-state index in [9.17, 15) is 0 Å². The molecule has 2 aromatic heterocycles. The predicted octanol–water partition coefficient (Wildman–Crippen LogP) is 8.20. The summed E-state index contributed by atoms with van der Waals surface area (Å²) in [5.41, 5.74) is 7.49. The van der Waals surface area contributed by atoms with Crippen molar-refractivity contribution in [1.82, 2.24) is 14.5 Å². The zero-order valence-corrected chi connectivity index (χ0v) is 29.8. The monoisotopic (exact) mass is 957 g/mol. The summed E-state index contributed by atoms with van der Waals surface area (Å²) in [5, 5.41) is 1.21. The average molecular weight is 958 g/mol. The first-order chi connectivity index (χ1) is 21.5. The molecule has 0 fully saturated rings. The van der Waals surface area contributed by atoms with Gasteiger partial charge < -0.3 is 42.1 Å². The van der Waals surface area contributed by atoms with E-state index in [0.29, 0.717) is 22.8 Å². The average Bonchev–Trinajstić information content (AvgIpc) is 3.62. The summed E-state index contributed by atoms with van der Waals surface area (Å²) in [6, 6.07) is 45.9. The van der Waals surface area contributed by atoms with Gasteiger partial charge in [-0.2, -0.15) is 54.8 Å². The normalized spacial score (nSPS) is 11.6. The molecule has 0 unspecified atom stereocenters. The van der Waals surface area contributed by atoms with Crippen LogP contribution in [0.2, 0.25) is 0 Å². The van der Waals surface area contributed by atoms with Gasteiger partial charge in [0.15, 0.2) is 0 Å². The number of pyridine rings is 1. The van der Waals surface area contributed by atoms with Crippen molar-refractivity contribution in [3.8, 4) is 39.9 Å². The Morgan fingerprint density at radius 1 is 0.826 bits per heavy atom. The van der Waals surface area contributed by atoms with E-state index in [-0.39, 0.29) is 42.1 Å². The molecule has 0 radical (unpaired) electrons. The van der Waals surface area contributed by atoms with Crippen LogP contribution in [-0.2, 0) is 42.1 Å². The van der Waals surface area contributed by atoms with E-state index in [1.54, 1.807) is 16.8 Å². The smallest absolute Gasteiger partial charge is 0.669 e. The van der Waals surface area contributed by atoms with Crippen LogP contribution in [0.1, 0.15) is 11.3 Å². The van der Waals surface area contributed by atoms with Gasteiger partial charge in [-0.05, 0) is 51.1 Å². The summed E-state index contributed by atoms with van der Waals surface area (Å²) < 4.78 is 7.81. The second-order valence-corrected chi connectivity index (χ2v) is 10.1. The minimum absolute atomic E-state index is 0. The number of rotatable bonds is 5. The SMILES string of the molecule is CN1C=CN(c2[c-]c(Oc3[c-]c(-c4[c-]c(-c5[c-]cccc5)ccn4)[c-]cc3)ccc2)[CH-]1.[C-]#Cn1c(C)c(C)c2ccccc21.[Pt+4].[Pt]. The van der Waals surface area contributed by atoms with Crippen molar-refractivity contribution in [3.05, 3.63) is 158 Å². The van der Waals surface area contributed by atoms with Gasteiger partial charge in [-0.25, -0.2) is 23.2 Å². The van der Waals surface area contributed by atoms with E-state index >= 15 is 0 Å². The first-order valence-corrected chi connectivity index (χ1v) is 14.0. The van der Waals surface area contributed by atoms with E-state index in [1.807, 2.05) is 116 Å². The fourth-order valence-electron chi connectivity index (χ4n) is 4.85. The van der Waals surface area contributed by atoms with Crippen molar-refractivity contribution in [2.75, 3.05) is 11.9 Å². The number of aromatic nitrogens is 2. The van der Waals surface area contributed by atoms with Crippen LogP contribution in [0, 0.1) is 63.3 Å². The third-order valence-electron chi connectivity index (χ3n) is 7.20. The molecule has 7 heteroatoms. The minimum atomic E-state index is 0. The zero-order chi connectivity index (χ0) is 30.5.